The van der Waals surface area contributed by atoms with E-state index in [-0.39, 0.29) is 17.7 Å². The van der Waals surface area contributed by atoms with Crippen LogP contribution in [0, 0.1) is 0 Å². The van der Waals surface area contributed by atoms with Crippen LogP contribution in [0.1, 0.15) is 44.4 Å². The number of hydrogen-bond acceptors (Lipinski definition) is 8. The molecule has 6 atom stereocenters. The van der Waals surface area contributed by atoms with Gasteiger partial charge in [0.1, 0.15) is 24.4 Å². The summed E-state index contributed by atoms with van der Waals surface area (Å²) in [5, 5.41) is 38.0. The average molecular weight is 446 g/mol. The van der Waals surface area contributed by atoms with Gasteiger partial charge in [-0.1, -0.05) is 24.3 Å². The van der Waals surface area contributed by atoms with E-state index in [1.807, 2.05) is 0 Å². The van der Waals surface area contributed by atoms with Crippen LogP contribution in [0.4, 0.5) is 0 Å². The van der Waals surface area contributed by atoms with Gasteiger partial charge in [0.2, 0.25) is 0 Å². The Morgan fingerprint density at radius 2 is 1.38 bits per heavy atom. The molecule has 2 aliphatic rings. The normalized spacial score (nSPS) is 28.5. The minimum absolute atomic E-state index is 0.0950. The first-order chi connectivity index (χ1) is 15.4. The average Bonchev–Trinajstić information content (AvgIpc) is 2.82. The van der Waals surface area contributed by atoms with E-state index in [1.165, 1.54) is 24.3 Å². The zero-order valence-electron chi connectivity index (χ0n) is 16.7. The highest BCUT2D eigenvalue weighted by Gasteiger charge is 2.48. The maximum atomic E-state index is 11.1. The maximum Gasteiger partial charge on any atom is 0.335 e. The molecule has 0 aromatic heterocycles. The number of aliphatic hydroxyl groups excluding tert-OH is 2. The summed E-state index contributed by atoms with van der Waals surface area (Å²) in [6, 6.07) is 11.9. The molecule has 2 aliphatic heterocycles. The van der Waals surface area contributed by atoms with Gasteiger partial charge in [-0.3, -0.25) is 0 Å². The van der Waals surface area contributed by atoms with E-state index < -0.39 is 55.5 Å². The fourth-order valence-electron chi connectivity index (χ4n) is 3.67. The minimum Gasteiger partial charge on any atom is -0.478 e. The van der Waals surface area contributed by atoms with Crippen LogP contribution in [0.5, 0.6) is 0 Å². The first-order valence-corrected chi connectivity index (χ1v) is 9.91. The monoisotopic (exact) mass is 446 g/mol. The molecule has 2 aromatic rings. The van der Waals surface area contributed by atoms with Crippen molar-refractivity contribution in [3.63, 3.8) is 0 Å². The van der Waals surface area contributed by atoms with Crippen molar-refractivity contribution in [3.8, 4) is 0 Å². The van der Waals surface area contributed by atoms with E-state index in [9.17, 15) is 19.8 Å². The lowest BCUT2D eigenvalue weighted by atomic mass is 9.99. The summed E-state index contributed by atoms with van der Waals surface area (Å²) < 4.78 is 23.6. The number of hydrogen-bond donors (Lipinski definition) is 4. The van der Waals surface area contributed by atoms with Crippen molar-refractivity contribution in [1.82, 2.24) is 0 Å². The standard InChI is InChI=1S/C22H22O10/c23-9-15(24)17-18-16(30-22(31-17)14-7-3-12(4-8-14)20(27)28)10-29-21(32-18)13-5-1-11(2-6-13)19(25)26/h1-8,15-18,21-24H,9-10H2,(H,25,26)(H,27,28). The number of carboxylic acids is 2. The van der Waals surface area contributed by atoms with E-state index in [0.717, 1.165) is 0 Å². The van der Waals surface area contributed by atoms with Crippen LogP contribution in [0.3, 0.4) is 0 Å². The Labute approximate surface area is 182 Å². The molecule has 6 unspecified atom stereocenters. The van der Waals surface area contributed by atoms with Crippen molar-refractivity contribution in [1.29, 1.82) is 0 Å². The summed E-state index contributed by atoms with van der Waals surface area (Å²) in [5.41, 5.74) is 1.35. The topological polar surface area (TPSA) is 152 Å². The Morgan fingerprint density at radius 3 is 1.88 bits per heavy atom. The molecular formula is C22H22O10. The molecule has 10 nitrogen and oxygen atoms in total. The highest BCUT2D eigenvalue weighted by Crippen LogP contribution is 2.39. The summed E-state index contributed by atoms with van der Waals surface area (Å²) in [6.07, 6.45) is -5.39. The third-order valence-corrected chi connectivity index (χ3v) is 5.39. The number of ether oxygens (including phenoxy) is 4. The van der Waals surface area contributed by atoms with Gasteiger partial charge in [0, 0.05) is 11.1 Å². The first kappa shape index (κ1) is 22.3. The van der Waals surface area contributed by atoms with Crippen LogP contribution in [-0.4, -0.2) is 70.0 Å². The zero-order chi connectivity index (χ0) is 22.8. The molecule has 2 fully saturated rings. The van der Waals surface area contributed by atoms with E-state index in [1.54, 1.807) is 24.3 Å². The van der Waals surface area contributed by atoms with Crippen molar-refractivity contribution in [2.45, 2.75) is 37.0 Å². The van der Waals surface area contributed by atoms with Gasteiger partial charge in [-0.25, -0.2) is 9.59 Å². The largest absolute Gasteiger partial charge is 0.478 e. The predicted molar refractivity (Wildman–Crippen MR) is 106 cm³/mol. The Balaban J connectivity index is 1.53. The lowest BCUT2D eigenvalue weighted by Crippen LogP contribution is -2.58. The van der Waals surface area contributed by atoms with Crippen molar-refractivity contribution in [3.05, 3.63) is 70.8 Å². The van der Waals surface area contributed by atoms with Crippen molar-refractivity contribution in [2.24, 2.45) is 0 Å². The van der Waals surface area contributed by atoms with Gasteiger partial charge < -0.3 is 39.4 Å². The fourth-order valence-corrected chi connectivity index (χ4v) is 3.67. The number of fused-ring (bicyclic) bond motifs is 1. The van der Waals surface area contributed by atoms with Gasteiger partial charge >= 0.3 is 11.9 Å². The van der Waals surface area contributed by atoms with Crippen molar-refractivity contribution >= 4 is 11.9 Å². The highest BCUT2D eigenvalue weighted by molar-refractivity contribution is 5.88. The molecule has 2 saturated heterocycles. The fraction of sp³-hybridized carbons (Fsp3) is 0.364. The summed E-state index contributed by atoms with van der Waals surface area (Å²) in [7, 11) is 0. The molecule has 0 saturated carbocycles. The molecule has 10 heteroatoms. The Hall–Kier alpha value is -2.86. The molecular weight excluding hydrogens is 424 g/mol. The van der Waals surface area contributed by atoms with Gasteiger partial charge in [-0.15, -0.1) is 0 Å². The summed E-state index contributed by atoms with van der Waals surface area (Å²) in [6.45, 7) is -0.474. The molecule has 2 heterocycles. The van der Waals surface area contributed by atoms with Crippen LogP contribution < -0.4 is 0 Å². The van der Waals surface area contributed by atoms with Crippen LogP contribution >= 0.6 is 0 Å². The lowest BCUT2D eigenvalue weighted by molar-refractivity contribution is -0.373. The second kappa shape index (κ2) is 9.33. The Bertz CT molecular complexity index is 956. The molecule has 32 heavy (non-hydrogen) atoms. The Morgan fingerprint density at radius 1 is 0.844 bits per heavy atom. The highest BCUT2D eigenvalue weighted by atomic mass is 16.8. The first-order valence-electron chi connectivity index (χ1n) is 9.91. The maximum absolute atomic E-state index is 11.1. The molecule has 2 aromatic carbocycles. The van der Waals surface area contributed by atoms with E-state index in [2.05, 4.69) is 0 Å². The zero-order valence-corrected chi connectivity index (χ0v) is 16.7. The second-order valence-corrected chi connectivity index (χ2v) is 7.48. The van der Waals surface area contributed by atoms with E-state index >= 15 is 0 Å². The van der Waals surface area contributed by atoms with E-state index in [0.29, 0.717) is 11.1 Å². The summed E-state index contributed by atoms with van der Waals surface area (Å²) >= 11 is 0. The quantitative estimate of drug-likeness (QED) is 0.511. The van der Waals surface area contributed by atoms with Crippen LogP contribution in [0.25, 0.3) is 0 Å². The number of carboxylic acid groups (broad SMARTS) is 2. The van der Waals surface area contributed by atoms with Gasteiger partial charge in [-0.05, 0) is 24.3 Å². The second-order valence-electron chi connectivity index (χ2n) is 7.48. The van der Waals surface area contributed by atoms with Crippen molar-refractivity contribution < 1.29 is 49.0 Å². The number of rotatable bonds is 6. The summed E-state index contributed by atoms with van der Waals surface area (Å²) in [5.74, 6) is -2.11. The number of carbonyl (C=O) groups is 2. The molecule has 0 bridgehead atoms. The van der Waals surface area contributed by atoms with Crippen molar-refractivity contribution in [2.75, 3.05) is 13.2 Å². The molecule has 170 valence electrons. The van der Waals surface area contributed by atoms with Gasteiger partial charge in [0.15, 0.2) is 12.6 Å². The van der Waals surface area contributed by atoms with Gasteiger partial charge in [0.05, 0.1) is 24.3 Å². The van der Waals surface area contributed by atoms with Crippen LogP contribution in [0.15, 0.2) is 48.5 Å². The number of aromatic carboxylic acids is 2. The van der Waals surface area contributed by atoms with E-state index in [4.69, 9.17) is 29.2 Å². The van der Waals surface area contributed by atoms with Crippen LogP contribution in [0.2, 0.25) is 0 Å². The molecule has 0 aliphatic carbocycles. The number of aliphatic hydroxyl groups is 2. The molecule has 0 spiro atoms. The van der Waals surface area contributed by atoms with Gasteiger partial charge in [-0.2, -0.15) is 0 Å². The van der Waals surface area contributed by atoms with Gasteiger partial charge in [0.25, 0.3) is 0 Å². The molecule has 4 N–H and O–H groups in total. The molecule has 0 radical (unpaired) electrons. The third kappa shape index (κ3) is 4.51. The third-order valence-electron chi connectivity index (χ3n) is 5.39. The van der Waals surface area contributed by atoms with Crippen LogP contribution in [-0.2, 0) is 18.9 Å². The molecule has 0 amide bonds. The summed E-state index contributed by atoms with van der Waals surface area (Å²) in [4.78, 5) is 22.1. The smallest absolute Gasteiger partial charge is 0.335 e. The SMILES string of the molecule is O=C(O)c1ccc(C2OC3COC(c4ccc(C(=O)O)cc4)OC3C(C(O)CO)O2)cc1. The minimum atomic E-state index is -1.26. The molecule has 4 rings (SSSR count). The Kier molecular flexibility index (Phi) is 6.51. The predicted octanol–water partition coefficient (Wildman–Crippen LogP) is 1.33. The number of benzene rings is 2. The lowest BCUT2D eigenvalue weighted by Gasteiger charge is -2.47.